The second-order valence-electron chi connectivity index (χ2n) is 6.68. The van der Waals surface area contributed by atoms with Crippen molar-refractivity contribution in [2.24, 2.45) is 5.92 Å². The van der Waals surface area contributed by atoms with Crippen LogP contribution in [0, 0.1) is 5.92 Å². The molecule has 2 aliphatic rings. The van der Waals surface area contributed by atoms with E-state index in [1.54, 1.807) is 14.2 Å². The molecule has 1 N–H and O–H groups in total. The van der Waals surface area contributed by atoms with Crippen molar-refractivity contribution in [3.8, 4) is 11.5 Å². The summed E-state index contributed by atoms with van der Waals surface area (Å²) in [6, 6.07) is 4.19. The average Bonchev–Trinajstić information content (AvgIpc) is 2.57. The Morgan fingerprint density at radius 3 is 2.39 bits per heavy atom. The number of carboxylic acids is 1. The lowest BCUT2D eigenvalue weighted by molar-refractivity contribution is -0.144. The van der Waals surface area contributed by atoms with E-state index in [-0.39, 0.29) is 11.5 Å². The van der Waals surface area contributed by atoms with E-state index in [0.29, 0.717) is 0 Å². The zero-order chi connectivity index (χ0) is 16.6. The summed E-state index contributed by atoms with van der Waals surface area (Å²) in [7, 11) is 5.47. The number of hydrogen-bond acceptors (Lipinski definition) is 4. The van der Waals surface area contributed by atoms with Gasteiger partial charge in [0.2, 0.25) is 0 Å². The van der Waals surface area contributed by atoms with Crippen LogP contribution in [0.2, 0.25) is 0 Å². The van der Waals surface area contributed by atoms with Gasteiger partial charge in [0.05, 0.1) is 20.1 Å². The van der Waals surface area contributed by atoms with Crippen LogP contribution in [0.15, 0.2) is 12.1 Å². The predicted molar refractivity (Wildman–Crippen MR) is 87.2 cm³/mol. The summed E-state index contributed by atoms with van der Waals surface area (Å²) in [6.45, 7) is 0.986. The number of nitrogens with zero attached hydrogens (tertiary/aromatic N) is 1. The molecule has 0 aromatic heterocycles. The molecule has 1 aliphatic heterocycles. The van der Waals surface area contributed by atoms with Gasteiger partial charge in [-0.15, -0.1) is 0 Å². The highest BCUT2D eigenvalue weighted by molar-refractivity contribution is 5.70. The van der Waals surface area contributed by atoms with Gasteiger partial charge in [-0.3, -0.25) is 9.69 Å². The highest BCUT2D eigenvalue weighted by Crippen LogP contribution is 2.49. The number of methoxy groups -OCH3 is 2. The van der Waals surface area contributed by atoms with Gasteiger partial charge in [-0.05, 0) is 62.4 Å². The van der Waals surface area contributed by atoms with Crippen molar-refractivity contribution in [1.82, 2.24) is 4.90 Å². The number of rotatable bonds is 3. The number of fused-ring (bicyclic) bond motifs is 2. The maximum Gasteiger partial charge on any atom is 0.306 e. The van der Waals surface area contributed by atoms with Crippen LogP contribution in [-0.2, 0) is 16.8 Å². The van der Waals surface area contributed by atoms with Crippen LogP contribution in [0.1, 0.15) is 36.8 Å². The molecule has 1 aromatic rings. The van der Waals surface area contributed by atoms with Gasteiger partial charge in [-0.1, -0.05) is 0 Å². The van der Waals surface area contributed by atoms with Crippen LogP contribution < -0.4 is 9.47 Å². The zero-order valence-corrected chi connectivity index (χ0v) is 14.1. The third kappa shape index (κ3) is 2.57. The Morgan fingerprint density at radius 1 is 1.22 bits per heavy atom. The maximum atomic E-state index is 11.3. The van der Waals surface area contributed by atoms with Crippen LogP contribution in [0.4, 0.5) is 0 Å². The quantitative estimate of drug-likeness (QED) is 0.928. The Hall–Kier alpha value is -1.75. The van der Waals surface area contributed by atoms with Crippen molar-refractivity contribution < 1.29 is 19.4 Å². The molecule has 1 spiro atoms. The molecule has 0 radical (unpaired) electrons. The number of hydrogen-bond donors (Lipinski definition) is 1. The number of likely N-dealkylation sites (N-methyl/N-ethyl adjacent to an activating group) is 1. The van der Waals surface area contributed by atoms with Crippen LogP contribution in [0.3, 0.4) is 0 Å². The van der Waals surface area contributed by atoms with Gasteiger partial charge in [-0.25, -0.2) is 0 Å². The summed E-state index contributed by atoms with van der Waals surface area (Å²) in [6.07, 6.45) is 4.20. The largest absolute Gasteiger partial charge is 0.493 e. The van der Waals surface area contributed by atoms with Crippen molar-refractivity contribution >= 4 is 5.97 Å². The molecule has 23 heavy (non-hydrogen) atoms. The number of ether oxygens (including phenoxy) is 2. The fraction of sp³-hybridized carbons (Fsp3) is 0.611. The maximum absolute atomic E-state index is 11.3. The normalized spacial score (nSPS) is 27.5. The lowest BCUT2D eigenvalue weighted by atomic mass is 9.68. The average molecular weight is 319 g/mol. The fourth-order valence-electron chi connectivity index (χ4n) is 4.26. The van der Waals surface area contributed by atoms with Gasteiger partial charge in [0, 0.05) is 12.1 Å². The van der Waals surface area contributed by atoms with Crippen molar-refractivity contribution in [2.75, 3.05) is 27.8 Å². The Balaban J connectivity index is 2.01. The molecule has 0 bridgehead atoms. The SMILES string of the molecule is COc1cc2c(cc1OC)C1(CCC(C(=O)O)CC1)N(C)CC2. The topological polar surface area (TPSA) is 59.0 Å². The number of benzene rings is 1. The molecule has 0 saturated heterocycles. The molecular formula is C18H25NO4. The van der Waals surface area contributed by atoms with Crippen LogP contribution >= 0.6 is 0 Å². The summed E-state index contributed by atoms with van der Waals surface area (Å²) in [5.74, 6) is 0.650. The third-order valence-electron chi connectivity index (χ3n) is 5.72. The Labute approximate surface area is 137 Å². The second kappa shape index (κ2) is 6.04. The molecule has 5 nitrogen and oxygen atoms in total. The van der Waals surface area contributed by atoms with Gasteiger partial charge in [0.1, 0.15) is 0 Å². The summed E-state index contributed by atoms with van der Waals surface area (Å²) in [5.41, 5.74) is 2.52. The lowest BCUT2D eigenvalue weighted by Gasteiger charge is -2.50. The van der Waals surface area contributed by atoms with Gasteiger partial charge >= 0.3 is 5.97 Å². The van der Waals surface area contributed by atoms with Crippen LogP contribution in [0.25, 0.3) is 0 Å². The summed E-state index contributed by atoms with van der Waals surface area (Å²) >= 11 is 0. The minimum atomic E-state index is -0.661. The van der Waals surface area contributed by atoms with Gasteiger partial charge in [0.25, 0.3) is 0 Å². The first-order valence-electron chi connectivity index (χ1n) is 8.21. The van der Waals surface area contributed by atoms with E-state index in [9.17, 15) is 9.90 Å². The standard InChI is InChI=1S/C18H25NO4/c1-19-9-6-13-10-15(22-2)16(23-3)11-14(13)18(19)7-4-12(5-8-18)17(20)21/h10-12H,4-9H2,1-3H3,(H,20,21). The zero-order valence-electron chi connectivity index (χ0n) is 14.1. The molecule has 0 unspecified atom stereocenters. The van der Waals surface area contributed by atoms with Crippen molar-refractivity contribution in [3.63, 3.8) is 0 Å². The summed E-state index contributed by atoms with van der Waals surface area (Å²) in [5, 5.41) is 9.29. The smallest absolute Gasteiger partial charge is 0.306 e. The molecule has 0 atom stereocenters. The van der Waals surface area contributed by atoms with E-state index in [1.807, 2.05) is 0 Å². The molecular weight excluding hydrogens is 294 g/mol. The number of carboxylic acid groups (broad SMARTS) is 1. The van der Waals surface area contributed by atoms with E-state index in [4.69, 9.17) is 9.47 Å². The minimum Gasteiger partial charge on any atom is -0.493 e. The fourth-order valence-corrected chi connectivity index (χ4v) is 4.26. The van der Waals surface area contributed by atoms with E-state index in [2.05, 4.69) is 24.1 Å². The molecule has 1 saturated carbocycles. The Morgan fingerprint density at radius 2 is 1.83 bits per heavy atom. The molecule has 1 aromatic carbocycles. The Bertz CT molecular complexity index is 605. The van der Waals surface area contributed by atoms with Gasteiger partial charge in [0.15, 0.2) is 11.5 Å². The lowest BCUT2D eigenvalue weighted by Crippen LogP contribution is -2.51. The molecule has 1 fully saturated rings. The first kappa shape index (κ1) is 16.1. The summed E-state index contributed by atoms with van der Waals surface area (Å²) in [4.78, 5) is 13.7. The van der Waals surface area contributed by atoms with Gasteiger partial charge in [-0.2, -0.15) is 0 Å². The first-order chi connectivity index (χ1) is 11.0. The molecule has 5 heteroatoms. The molecule has 0 amide bonds. The van der Waals surface area contributed by atoms with Crippen molar-refractivity contribution in [2.45, 2.75) is 37.6 Å². The van der Waals surface area contributed by atoms with E-state index >= 15 is 0 Å². The third-order valence-corrected chi connectivity index (χ3v) is 5.72. The second-order valence-corrected chi connectivity index (χ2v) is 6.68. The number of aliphatic carboxylic acids is 1. The van der Waals surface area contributed by atoms with Crippen molar-refractivity contribution in [1.29, 1.82) is 0 Å². The predicted octanol–water partition coefficient (Wildman–Crippen LogP) is 2.66. The Kier molecular flexibility index (Phi) is 4.23. The van der Waals surface area contributed by atoms with Crippen LogP contribution in [0.5, 0.6) is 11.5 Å². The van der Waals surface area contributed by atoms with E-state index in [1.165, 1.54) is 11.1 Å². The van der Waals surface area contributed by atoms with Crippen LogP contribution in [-0.4, -0.2) is 43.8 Å². The summed E-state index contributed by atoms with van der Waals surface area (Å²) < 4.78 is 10.9. The molecule has 1 heterocycles. The van der Waals surface area contributed by atoms with E-state index < -0.39 is 5.97 Å². The highest BCUT2D eigenvalue weighted by atomic mass is 16.5. The highest BCUT2D eigenvalue weighted by Gasteiger charge is 2.45. The van der Waals surface area contributed by atoms with Crippen molar-refractivity contribution in [3.05, 3.63) is 23.3 Å². The molecule has 3 rings (SSSR count). The first-order valence-corrected chi connectivity index (χ1v) is 8.21. The number of carbonyl (C=O) groups is 1. The van der Waals surface area contributed by atoms with Gasteiger partial charge < -0.3 is 14.6 Å². The molecule has 1 aliphatic carbocycles. The minimum absolute atomic E-state index is 0.0704. The van der Waals surface area contributed by atoms with E-state index in [0.717, 1.165) is 50.1 Å². The molecule has 126 valence electrons. The monoisotopic (exact) mass is 319 g/mol.